The van der Waals surface area contributed by atoms with E-state index in [1.165, 1.54) is 0 Å². The van der Waals surface area contributed by atoms with Gasteiger partial charge in [-0.2, -0.15) is 13.2 Å². The largest absolute Gasteiger partial charge is 0.411 e. The molecule has 1 heterocycles. The third-order valence-corrected chi connectivity index (χ3v) is 2.86. The highest BCUT2D eigenvalue weighted by molar-refractivity contribution is 5.85. The average molecular weight is 269 g/mol. The van der Waals surface area contributed by atoms with Gasteiger partial charge in [-0.25, -0.2) is 0 Å². The van der Waals surface area contributed by atoms with Crippen LogP contribution in [0, 0.1) is 0 Å². The van der Waals surface area contributed by atoms with Gasteiger partial charge in [0, 0.05) is 6.54 Å². The van der Waals surface area contributed by atoms with E-state index in [0.717, 1.165) is 25.8 Å². The maximum Gasteiger partial charge on any atom is 0.411 e. The summed E-state index contributed by atoms with van der Waals surface area (Å²) in [6.07, 6.45) is -1.64. The molecule has 1 saturated heterocycles. The van der Waals surface area contributed by atoms with E-state index in [9.17, 15) is 13.2 Å². The number of nitrogens with zero attached hydrogens (tertiary/aromatic N) is 2. The van der Waals surface area contributed by atoms with Gasteiger partial charge in [-0.05, 0) is 19.4 Å². The fraction of sp³-hybridized carbons (Fsp3) is 0.900. The van der Waals surface area contributed by atoms with E-state index in [0.29, 0.717) is 6.54 Å². The molecule has 0 spiro atoms. The molecular formula is C10H18F3N3O2. The van der Waals surface area contributed by atoms with Crippen LogP contribution in [0.15, 0.2) is 5.16 Å². The predicted octanol–water partition coefficient (Wildman–Crippen LogP) is 1.17. The van der Waals surface area contributed by atoms with Crippen molar-refractivity contribution in [1.29, 1.82) is 0 Å². The number of alkyl halides is 3. The van der Waals surface area contributed by atoms with E-state index >= 15 is 0 Å². The van der Waals surface area contributed by atoms with E-state index in [2.05, 4.69) is 9.89 Å². The summed E-state index contributed by atoms with van der Waals surface area (Å²) in [6, 6.07) is -0.210. The average Bonchev–Trinajstić information content (AvgIpc) is 2.33. The number of halogens is 3. The first-order chi connectivity index (χ1) is 8.44. The number of ether oxygens (including phenoxy) is 1. The third-order valence-electron chi connectivity index (χ3n) is 2.86. The molecule has 1 aliphatic heterocycles. The quantitative estimate of drug-likeness (QED) is 0.258. The Hall–Kier alpha value is -1.02. The molecule has 0 aromatic rings. The molecule has 0 aromatic heterocycles. The highest BCUT2D eigenvalue weighted by Gasteiger charge is 2.28. The van der Waals surface area contributed by atoms with Crippen LogP contribution in [0.4, 0.5) is 13.2 Å². The molecule has 1 atom stereocenters. The highest BCUT2D eigenvalue weighted by atomic mass is 19.4. The molecule has 0 bridgehead atoms. The standard InChI is InChI=1S/C10H18F3N3O2/c11-10(12,13)7-18-6-5-16-4-2-1-3-8(16)9(14)15-17/h8,17H,1-7H2,(H2,14,15). The van der Waals surface area contributed by atoms with Crippen molar-refractivity contribution in [1.82, 2.24) is 4.90 Å². The van der Waals surface area contributed by atoms with E-state index in [-0.39, 0.29) is 18.5 Å². The summed E-state index contributed by atoms with van der Waals surface area (Å²) in [7, 11) is 0. The monoisotopic (exact) mass is 269 g/mol. The Morgan fingerprint density at radius 3 is 2.78 bits per heavy atom. The summed E-state index contributed by atoms with van der Waals surface area (Å²) in [4.78, 5) is 1.88. The fourth-order valence-electron chi connectivity index (χ4n) is 2.03. The fourth-order valence-corrected chi connectivity index (χ4v) is 2.03. The van der Waals surface area contributed by atoms with Crippen molar-refractivity contribution >= 4 is 5.84 Å². The predicted molar refractivity (Wildman–Crippen MR) is 59.5 cm³/mol. The van der Waals surface area contributed by atoms with Crippen molar-refractivity contribution in [3.05, 3.63) is 0 Å². The van der Waals surface area contributed by atoms with Gasteiger partial charge in [-0.15, -0.1) is 0 Å². The second kappa shape index (κ2) is 6.79. The second-order valence-electron chi connectivity index (χ2n) is 4.24. The lowest BCUT2D eigenvalue weighted by Crippen LogP contribution is -2.49. The Morgan fingerprint density at radius 1 is 1.44 bits per heavy atom. The van der Waals surface area contributed by atoms with E-state index in [1.807, 2.05) is 4.90 Å². The lowest BCUT2D eigenvalue weighted by Gasteiger charge is -2.34. The molecule has 0 saturated carbocycles. The second-order valence-corrected chi connectivity index (χ2v) is 4.24. The number of hydrogen-bond acceptors (Lipinski definition) is 4. The molecule has 0 radical (unpaired) electrons. The van der Waals surface area contributed by atoms with Crippen LogP contribution in [-0.2, 0) is 4.74 Å². The first-order valence-corrected chi connectivity index (χ1v) is 5.80. The number of hydrogen-bond donors (Lipinski definition) is 2. The van der Waals surface area contributed by atoms with Gasteiger partial charge in [0.05, 0.1) is 12.6 Å². The number of oxime groups is 1. The molecule has 1 aliphatic rings. The zero-order valence-electron chi connectivity index (χ0n) is 9.99. The molecule has 1 fully saturated rings. The summed E-state index contributed by atoms with van der Waals surface area (Å²) in [6.45, 7) is -0.197. The molecule has 1 unspecified atom stereocenters. The lowest BCUT2D eigenvalue weighted by atomic mass is 10.0. The van der Waals surface area contributed by atoms with Crippen LogP contribution in [0.1, 0.15) is 19.3 Å². The summed E-state index contributed by atoms with van der Waals surface area (Å²) in [5.41, 5.74) is 5.55. The van der Waals surface area contributed by atoms with Gasteiger partial charge in [0.1, 0.15) is 6.61 Å². The number of amidine groups is 1. The first-order valence-electron chi connectivity index (χ1n) is 5.80. The van der Waals surface area contributed by atoms with Gasteiger partial charge in [0.25, 0.3) is 0 Å². The van der Waals surface area contributed by atoms with Crippen LogP contribution in [0.3, 0.4) is 0 Å². The van der Waals surface area contributed by atoms with Crippen LogP contribution < -0.4 is 5.73 Å². The smallest absolute Gasteiger partial charge is 0.409 e. The highest BCUT2D eigenvalue weighted by Crippen LogP contribution is 2.17. The zero-order valence-corrected chi connectivity index (χ0v) is 9.99. The van der Waals surface area contributed by atoms with Crippen molar-refractivity contribution in [3.63, 3.8) is 0 Å². The van der Waals surface area contributed by atoms with E-state index in [4.69, 9.17) is 10.9 Å². The number of likely N-dealkylation sites (tertiary alicyclic amines) is 1. The van der Waals surface area contributed by atoms with Gasteiger partial charge in [0.2, 0.25) is 0 Å². The minimum absolute atomic E-state index is 0.0191. The number of piperidine rings is 1. The van der Waals surface area contributed by atoms with Crippen LogP contribution in [0.25, 0.3) is 0 Å². The summed E-state index contributed by atoms with van der Waals surface area (Å²) in [5.74, 6) is 0.102. The normalized spacial score (nSPS) is 23.3. The van der Waals surface area contributed by atoms with Gasteiger partial charge in [0.15, 0.2) is 5.84 Å². The van der Waals surface area contributed by atoms with Crippen molar-refractivity contribution in [2.24, 2.45) is 10.9 Å². The van der Waals surface area contributed by atoms with Gasteiger partial charge in [-0.1, -0.05) is 11.6 Å². The molecule has 0 aliphatic carbocycles. The van der Waals surface area contributed by atoms with Gasteiger partial charge in [-0.3, -0.25) is 4.90 Å². The molecule has 106 valence electrons. The topological polar surface area (TPSA) is 71.1 Å². The third kappa shape index (κ3) is 5.09. The number of nitrogens with two attached hydrogens (primary N) is 1. The Morgan fingerprint density at radius 2 is 2.17 bits per heavy atom. The molecule has 3 N–H and O–H groups in total. The van der Waals surface area contributed by atoms with Crippen LogP contribution >= 0.6 is 0 Å². The van der Waals surface area contributed by atoms with Crippen molar-refractivity contribution in [2.75, 3.05) is 26.3 Å². The Kier molecular flexibility index (Phi) is 5.67. The van der Waals surface area contributed by atoms with Crippen LogP contribution in [-0.4, -0.2) is 54.5 Å². The summed E-state index contributed by atoms with van der Waals surface area (Å²) in [5, 5.41) is 11.6. The molecule has 5 nitrogen and oxygen atoms in total. The van der Waals surface area contributed by atoms with Crippen LogP contribution in [0.2, 0.25) is 0 Å². The van der Waals surface area contributed by atoms with Crippen molar-refractivity contribution < 1.29 is 23.1 Å². The van der Waals surface area contributed by atoms with Gasteiger partial charge >= 0.3 is 6.18 Å². The SMILES string of the molecule is NC(=NO)C1CCCCN1CCOCC(F)(F)F. The molecule has 0 aromatic carbocycles. The molecule has 18 heavy (non-hydrogen) atoms. The lowest BCUT2D eigenvalue weighted by molar-refractivity contribution is -0.174. The number of rotatable bonds is 5. The molecule has 1 rings (SSSR count). The Labute approximate surface area is 103 Å². The van der Waals surface area contributed by atoms with Crippen LogP contribution in [0.5, 0.6) is 0 Å². The van der Waals surface area contributed by atoms with Crippen molar-refractivity contribution in [3.8, 4) is 0 Å². The maximum absolute atomic E-state index is 11.9. The maximum atomic E-state index is 11.9. The summed E-state index contributed by atoms with van der Waals surface area (Å²) < 4.78 is 40.2. The van der Waals surface area contributed by atoms with Gasteiger partial charge < -0.3 is 15.7 Å². The Bertz CT molecular complexity index is 284. The minimum atomic E-state index is -4.30. The zero-order chi connectivity index (χ0) is 13.6. The van der Waals surface area contributed by atoms with E-state index in [1.54, 1.807) is 0 Å². The minimum Gasteiger partial charge on any atom is -0.409 e. The Balaban J connectivity index is 2.34. The molecule has 0 amide bonds. The molecular weight excluding hydrogens is 251 g/mol. The van der Waals surface area contributed by atoms with Crippen molar-refractivity contribution in [2.45, 2.75) is 31.5 Å². The first kappa shape index (κ1) is 15.0. The summed E-state index contributed by atoms with van der Waals surface area (Å²) >= 11 is 0. The van der Waals surface area contributed by atoms with E-state index < -0.39 is 12.8 Å². The molecule has 8 heteroatoms.